The summed E-state index contributed by atoms with van der Waals surface area (Å²) < 4.78 is 4.58. The van der Waals surface area contributed by atoms with E-state index < -0.39 is 13.9 Å². The third-order valence-electron chi connectivity index (χ3n) is 5.24. The van der Waals surface area contributed by atoms with Gasteiger partial charge in [-0.2, -0.15) is 0 Å². The van der Waals surface area contributed by atoms with Crippen molar-refractivity contribution >= 4 is 35.8 Å². The molecule has 32 heavy (non-hydrogen) atoms. The second-order valence-corrected chi connectivity index (χ2v) is 9.53. The molecule has 0 unspecified atom stereocenters. The van der Waals surface area contributed by atoms with Crippen molar-refractivity contribution in [1.29, 1.82) is 0 Å². The van der Waals surface area contributed by atoms with Crippen LogP contribution in [-0.2, 0) is 9.53 Å². The smallest absolute Gasteiger partial charge is 0.330 e. The molecule has 0 fully saturated rings. The fourth-order valence-corrected chi connectivity index (χ4v) is 6.11. The average molecular weight is 444 g/mol. The second kappa shape index (κ2) is 10.3. The van der Waals surface area contributed by atoms with Gasteiger partial charge in [0.2, 0.25) is 0 Å². The molecule has 0 saturated carbocycles. The third kappa shape index (κ3) is 4.92. The van der Waals surface area contributed by atoms with Crippen molar-refractivity contribution in [2.75, 3.05) is 7.11 Å². The molecule has 162 valence electrons. The average Bonchev–Trinajstić information content (AvgIpc) is 2.78. The van der Waals surface area contributed by atoms with Gasteiger partial charge in [-0.1, -0.05) is 66.7 Å². The quantitative estimate of drug-likeness (QED) is 0.227. The molecule has 0 radical (unpaired) electrons. The van der Waals surface area contributed by atoms with Crippen molar-refractivity contribution in [3.8, 4) is 0 Å². The van der Waals surface area contributed by atoms with Gasteiger partial charge in [-0.15, -0.1) is 0 Å². The number of ether oxygens (including phenoxy) is 1. The molecular formula is C27H25O4P. The van der Waals surface area contributed by atoms with Gasteiger partial charge in [-0.25, -0.2) is 4.79 Å². The van der Waals surface area contributed by atoms with Gasteiger partial charge in [0.15, 0.2) is 11.3 Å². The summed E-state index contributed by atoms with van der Waals surface area (Å²) in [7, 11) is -0.0695. The molecule has 3 rings (SSSR count). The van der Waals surface area contributed by atoms with Gasteiger partial charge in [-0.05, 0) is 54.1 Å². The molecule has 0 amide bonds. The number of ketones is 1. The molecule has 0 saturated heterocycles. The largest absolute Gasteiger partial charge is 0.466 e. The van der Waals surface area contributed by atoms with Crippen molar-refractivity contribution in [2.24, 2.45) is 0 Å². The van der Waals surface area contributed by atoms with Crippen molar-refractivity contribution in [2.45, 2.75) is 20.8 Å². The standard InChI is InChI=1S/C27H25O4P/c1-18-17-19(2)26(20(3)25(18)23(28)15-16-24(29)31-4)27(30)32(21-11-7-5-8-12-21)22-13-9-6-10-14-22/h5-17H,1-4H3/b16-15-. The number of benzene rings is 3. The van der Waals surface area contributed by atoms with E-state index >= 15 is 0 Å². The minimum absolute atomic E-state index is 0.00148. The summed E-state index contributed by atoms with van der Waals surface area (Å²) in [5.41, 5.74) is 3.22. The number of methoxy groups -OCH3 is 1. The monoisotopic (exact) mass is 444 g/mol. The van der Waals surface area contributed by atoms with Crippen LogP contribution in [0, 0.1) is 20.8 Å². The highest BCUT2D eigenvalue weighted by atomic mass is 31.1. The Labute approximate surface area is 189 Å². The van der Waals surface area contributed by atoms with Crippen molar-refractivity contribution in [1.82, 2.24) is 0 Å². The van der Waals surface area contributed by atoms with Crippen LogP contribution < -0.4 is 10.6 Å². The molecular weight excluding hydrogens is 419 g/mol. The number of hydrogen-bond acceptors (Lipinski definition) is 4. The summed E-state index contributed by atoms with van der Waals surface area (Å²) in [5, 5.41) is 1.91. The number of esters is 1. The minimum atomic E-state index is -1.33. The van der Waals surface area contributed by atoms with Crippen LogP contribution in [0.5, 0.6) is 0 Å². The van der Waals surface area contributed by atoms with Gasteiger partial charge in [0.05, 0.1) is 7.11 Å². The van der Waals surface area contributed by atoms with Crippen LogP contribution in [0.4, 0.5) is 0 Å². The lowest BCUT2D eigenvalue weighted by Crippen LogP contribution is -2.20. The first kappa shape index (κ1) is 23.3. The van der Waals surface area contributed by atoms with Crippen LogP contribution >= 0.6 is 7.92 Å². The first-order valence-electron chi connectivity index (χ1n) is 10.2. The number of carbonyl (C=O) groups is 3. The maximum absolute atomic E-state index is 14.0. The normalized spacial score (nSPS) is 11.0. The van der Waals surface area contributed by atoms with Gasteiger partial charge in [0.25, 0.3) is 0 Å². The SMILES string of the molecule is COC(=O)/C=C\C(=O)c1c(C)cc(C)c(C(=O)P(c2ccccc2)c2ccccc2)c1C. The zero-order valence-corrected chi connectivity index (χ0v) is 19.5. The predicted octanol–water partition coefficient (Wildman–Crippen LogP) is 4.80. The van der Waals surface area contributed by atoms with Crippen LogP contribution in [0.15, 0.2) is 78.9 Å². The molecule has 0 aliphatic carbocycles. The lowest BCUT2D eigenvalue weighted by molar-refractivity contribution is -0.134. The molecule has 5 heteroatoms. The summed E-state index contributed by atoms with van der Waals surface area (Å²) in [6, 6.07) is 21.3. The molecule has 3 aromatic rings. The molecule has 4 nitrogen and oxygen atoms in total. The Morgan fingerprint density at radius 2 is 1.25 bits per heavy atom. The van der Waals surface area contributed by atoms with E-state index in [-0.39, 0.29) is 11.3 Å². The molecule has 0 spiro atoms. The van der Waals surface area contributed by atoms with Crippen molar-refractivity contribution in [3.63, 3.8) is 0 Å². The van der Waals surface area contributed by atoms with Gasteiger partial charge in [0.1, 0.15) is 0 Å². The van der Waals surface area contributed by atoms with E-state index in [4.69, 9.17) is 0 Å². The third-order valence-corrected chi connectivity index (χ3v) is 7.49. The summed E-state index contributed by atoms with van der Waals surface area (Å²) >= 11 is 0. The molecule has 0 atom stereocenters. The summed E-state index contributed by atoms with van der Waals surface area (Å²) in [6.45, 7) is 5.54. The molecule has 0 aliphatic rings. The summed E-state index contributed by atoms with van der Waals surface area (Å²) in [5.74, 6) is -0.933. The number of carbonyl (C=O) groups excluding carboxylic acids is 3. The van der Waals surface area contributed by atoms with E-state index in [2.05, 4.69) is 4.74 Å². The molecule has 0 aliphatic heterocycles. The highest BCUT2D eigenvalue weighted by Gasteiger charge is 2.28. The van der Waals surface area contributed by atoms with Crippen LogP contribution in [0.2, 0.25) is 0 Å². The maximum atomic E-state index is 14.0. The van der Waals surface area contributed by atoms with Crippen LogP contribution in [0.3, 0.4) is 0 Å². The molecule has 0 heterocycles. The molecule has 3 aromatic carbocycles. The van der Waals surface area contributed by atoms with Gasteiger partial charge in [0, 0.05) is 25.1 Å². The molecule has 0 N–H and O–H groups in total. The Morgan fingerprint density at radius 1 is 0.750 bits per heavy atom. The van der Waals surface area contributed by atoms with E-state index in [0.717, 1.165) is 27.8 Å². The van der Waals surface area contributed by atoms with Gasteiger partial charge >= 0.3 is 5.97 Å². The van der Waals surface area contributed by atoms with Crippen molar-refractivity contribution in [3.05, 3.63) is 107 Å². The van der Waals surface area contributed by atoms with E-state index in [0.29, 0.717) is 16.7 Å². The number of hydrogen-bond donors (Lipinski definition) is 0. The summed E-state index contributed by atoms with van der Waals surface area (Å²) in [4.78, 5) is 38.4. The number of allylic oxidation sites excluding steroid dienone is 1. The highest BCUT2D eigenvalue weighted by molar-refractivity contribution is 7.88. The maximum Gasteiger partial charge on any atom is 0.330 e. The van der Waals surface area contributed by atoms with E-state index in [1.807, 2.05) is 80.6 Å². The van der Waals surface area contributed by atoms with Gasteiger partial charge in [-0.3, -0.25) is 9.59 Å². The van der Waals surface area contributed by atoms with Crippen molar-refractivity contribution < 1.29 is 19.1 Å². The Hall–Kier alpha value is -3.36. The van der Waals surface area contributed by atoms with Gasteiger partial charge < -0.3 is 4.74 Å². The first-order chi connectivity index (χ1) is 15.3. The lowest BCUT2D eigenvalue weighted by atomic mass is 9.91. The highest BCUT2D eigenvalue weighted by Crippen LogP contribution is 2.40. The van der Waals surface area contributed by atoms with Crippen LogP contribution in [0.25, 0.3) is 0 Å². The fraction of sp³-hybridized carbons (Fsp3) is 0.148. The number of rotatable bonds is 7. The summed E-state index contributed by atoms with van der Waals surface area (Å²) in [6.07, 6.45) is 2.30. The minimum Gasteiger partial charge on any atom is -0.466 e. The van der Waals surface area contributed by atoms with E-state index in [9.17, 15) is 14.4 Å². The van der Waals surface area contributed by atoms with Crippen LogP contribution in [-0.4, -0.2) is 24.4 Å². The molecule has 0 bridgehead atoms. The second-order valence-electron chi connectivity index (χ2n) is 7.42. The Morgan fingerprint density at radius 3 is 1.75 bits per heavy atom. The molecule has 0 aromatic heterocycles. The first-order valence-corrected chi connectivity index (χ1v) is 11.5. The van der Waals surface area contributed by atoms with Crippen LogP contribution in [0.1, 0.15) is 37.4 Å². The number of aryl methyl sites for hydroxylation is 2. The Bertz CT molecular complexity index is 1140. The van der Waals surface area contributed by atoms with E-state index in [1.54, 1.807) is 6.92 Å². The lowest BCUT2D eigenvalue weighted by Gasteiger charge is -2.21. The fourth-order valence-electron chi connectivity index (χ4n) is 3.84. The Kier molecular flexibility index (Phi) is 7.50. The van der Waals surface area contributed by atoms with E-state index in [1.165, 1.54) is 13.2 Å². The zero-order chi connectivity index (χ0) is 23.3. The topological polar surface area (TPSA) is 60.4 Å². The Balaban J connectivity index is 2.15. The predicted molar refractivity (Wildman–Crippen MR) is 130 cm³/mol. The zero-order valence-electron chi connectivity index (χ0n) is 18.6.